The van der Waals surface area contributed by atoms with E-state index < -0.39 is 0 Å². The first kappa shape index (κ1) is 11.7. The van der Waals surface area contributed by atoms with E-state index in [1.54, 1.807) is 0 Å². The van der Waals surface area contributed by atoms with Crippen LogP contribution in [0.3, 0.4) is 0 Å². The molecule has 1 aromatic heterocycles. The largest absolute Gasteiger partial charge is 0.261 e. The average Bonchev–Trinajstić information content (AvgIpc) is 2.16. The highest BCUT2D eigenvalue weighted by atomic mass is 79.9. The third-order valence-corrected chi connectivity index (χ3v) is 3.00. The zero-order valence-corrected chi connectivity index (χ0v) is 10.5. The number of alkyl halides is 1. The predicted molar refractivity (Wildman–Crippen MR) is 64.7 cm³/mol. The fourth-order valence-corrected chi connectivity index (χ4v) is 1.96. The maximum atomic E-state index is 4.32. The normalized spacial score (nSPS) is 13.1. The van der Waals surface area contributed by atoms with E-state index in [2.05, 4.69) is 40.8 Å². The summed E-state index contributed by atoms with van der Waals surface area (Å²) in [7, 11) is 0. The molecule has 0 spiro atoms. The third-order valence-electron chi connectivity index (χ3n) is 2.21. The molecule has 0 saturated heterocycles. The van der Waals surface area contributed by atoms with Gasteiger partial charge in [-0.1, -0.05) is 35.8 Å². The molecular weight excluding hydrogens is 238 g/mol. The highest BCUT2D eigenvalue weighted by molar-refractivity contribution is 9.09. The summed E-state index contributed by atoms with van der Waals surface area (Å²) in [5, 5.41) is 0. The van der Waals surface area contributed by atoms with Crippen LogP contribution in [0.5, 0.6) is 0 Å². The zero-order valence-electron chi connectivity index (χ0n) is 8.91. The summed E-state index contributed by atoms with van der Waals surface area (Å²) in [6.07, 6.45) is 5.40. The number of hydrogen-bond donors (Lipinski definition) is 0. The number of nitrogens with zero attached hydrogens (tertiary/aromatic N) is 1. The second kappa shape index (κ2) is 6.18. The summed E-state index contributed by atoms with van der Waals surface area (Å²) in [5.41, 5.74) is 1.18. The van der Waals surface area contributed by atoms with Gasteiger partial charge < -0.3 is 0 Å². The summed E-state index contributed by atoms with van der Waals surface area (Å²) in [6.45, 7) is 4.53. The highest BCUT2D eigenvalue weighted by Crippen LogP contribution is 2.16. The van der Waals surface area contributed by atoms with Gasteiger partial charge >= 0.3 is 0 Å². The van der Waals surface area contributed by atoms with E-state index in [1.165, 1.54) is 18.5 Å². The van der Waals surface area contributed by atoms with Crippen LogP contribution in [0, 0.1) is 5.92 Å². The van der Waals surface area contributed by atoms with Crippen LogP contribution in [0.25, 0.3) is 0 Å². The van der Waals surface area contributed by atoms with Crippen molar-refractivity contribution in [1.82, 2.24) is 4.98 Å². The summed E-state index contributed by atoms with van der Waals surface area (Å²) in [6, 6.07) is 6.09. The highest BCUT2D eigenvalue weighted by Gasteiger charge is 2.06. The van der Waals surface area contributed by atoms with Crippen molar-refractivity contribution in [3.05, 3.63) is 30.1 Å². The smallest absolute Gasteiger partial charge is 0.0414 e. The SMILES string of the molecule is CC(C)CCC(Br)Cc1ccccn1. The molecule has 0 aromatic carbocycles. The molecule has 1 unspecified atom stereocenters. The Morgan fingerprint density at radius 2 is 2.07 bits per heavy atom. The molecule has 0 bridgehead atoms. The van der Waals surface area contributed by atoms with E-state index in [9.17, 15) is 0 Å². The molecule has 0 amide bonds. The molecule has 1 aromatic rings. The van der Waals surface area contributed by atoms with E-state index in [0.717, 1.165) is 12.3 Å². The molecule has 14 heavy (non-hydrogen) atoms. The molecule has 0 fully saturated rings. The Hall–Kier alpha value is -0.370. The Balaban J connectivity index is 2.30. The molecule has 0 aliphatic carbocycles. The van der Waals surface area contributed by atoms with Crippen LogP contribution >= 0.6 is 15.9 Å². The van der Waals surface area contributed by atoms with Crippen LogP contribution in [0.15, 0.2) is 24.4 Å². The summed E-state index contributed by atoms with van der Waals surface area (Å²) >= 11 is 3.70. The van der Waals surface area contributed by atoms with Gasteiger partial charge in [0.1, 0.15) is 0 Å². The number of rotatable bonds is 5. The molecule has 0 aliphatic heterocycles. The molecular formula is C12H18BrN. The fourth-order valence-electron chi connectivity index (χ4n) is 1.36. The van der Waals surface area contributed by atoms with Gasteiger partial charge in [-0.25, -0.2) is 0 Å². The van der Waals surface area contributed by atoms with Gasteiger partial charge in [-0.05, 0) is 30.9 Å². The van der Waals surface area contributed by atoms with E-state index in [-0.39, 0.29) is 0 Å². The van der Waals surface area contributed by atoms with Crippen LogP contribution in [0.4, 0.5) is 0 Å². The van der Waals surface area contributed by atoms with Crippen LogP contribution in [-0.2, 0) is 6.42 Å². The van der Waals surface area contributed by atoms with Crippen molar-refractivity contribution >= 4 is 15.9 Å². The van der Waals surface area contributed by atoms with Gasteiger partial charge in [0.15, 0.2) is 0 Å². The maximum Gasteiger partial charge on any atom is 0.0414 e. The van der Waals surface area contributed by atoms with Gasteiger partial charge in [0, 0.05) is 23.1 Å². The second-order valence-electron chi connectivity index (χ2n) is 4.09. The molecule has 1 nitrogen and oxygen atoms in total. The monoisotopic (exact) mass is 255 g/mol. The second-order valence-corrected chi connectivity index (χ2v) is 5.39. The number of halogens is 1. The van der Waals surface area contributed by atoms with Gasteiger partial charge in [0.25, 0.3) is 0 Å². The molecule has 0 saturated carbocycles. The van der Waals surface area contributed by atoms with E-state index in [1.807, 2.05) is 18.3 Å². The van der Waals surface area contributed by atoms with Gasteiger partial charge in [-0.2, -0.15) is 0 Å². The van der Waals surface area contributed by atoms with E-state index in [0.29, 0.717) is 4.83 Å². The minimum Gasteiger partial charge on any atom is -0.261 e. The Kier molecular flexibility index (Phi) is 5.16. The summed E-state index contributed by atoms with van der Waals surface area (Å²) in [5.74, 6) is 0.791. The van der Waals surface area contributed by atoms with Gasteiger partial charge in [0.05, 0.1) is 0 Å². The lowest BCUT2D eigenvalue weighted by Crippen LogP contribution is -2.05. The Bertz CT molecular complexity index is 246. The number of aromatic nitrogens is 1. The molecule has 78 valence electrons. The Labute approximate surface area is 95.1 Å². The minimum absolute atomic E-state index is 0.569. The van der Waals surface area contributed by atoms with Crippen LogP contribution in [-0.4, -0.2) is 9.81 Å². The van der Waals surface area contributed by atoms with Crippen molar-refractivity contribution in [3.8, 4) is 0 Å². The number of hydrogen-bond acceptors (Lipinski definition) is 1. The quantitative estimate of drug-likeness (QED) is 0.730. The van der Waals surface area contributed by atoms with Crippen molar-refractivity contribution < 1.29 is 0 Å². The molecule has 2 heteroatoms. The first-order valence-corrected chi connectivity index (χ1v) is 6.14. The van der Waals surface area contributed by atoms with Crippen LogP contribution in [0.1, 0.15) is 32.4 Å². The van der Waals surface area contributed by atoms with E-state index >= 15 is 0 Å². The zero-order chi connectivity index (χ0) is 10.4. The predicted octanol–water partition coefficient (Wildman–Crippen LogP) is 3.82. The molecule has 1 heterocycles. The van der Waals surface area contributed by atoms with Crippen LogP contribution in [0.2, 0.25) is 0 Å². The minimum atomic E-state index is 0.569. The van der Waals surface area contributed by atoms with Gasteiger partial charge in [0.2, 0.25) is 0 Å². The first-order valence-electron chi connectivity index (χ1n) is 5.22. The maximum absolute atomic E-state index is 4.32. The Morgan fingerprint density at radius 3 is 2.64 bits per heavy atom. The standard InChI is InChI=1S/C12H18BrN/c1-10(2)6-7-11(13)9-12-5-3-4-8-14-12/h3-5,8,10-11H,6-7,9H2,1-2H3. The lowest BCUT2D eigenvalue weighted by molar-refractivity contribution is 0.546. The summed E-state index contributed by atoms with van der Waals surface area (Å²) in [4.78, 5) is 4.89. The van der Waals surface area contributed by atoms with Crippen molar-refractivity contribution in [2.75, 3.05) is 0 Å². The van der Waals surface area contributed by atoms with E-state index in [4.69, 9.17) is 0 Å². The third kappa shape index (κ3) is 4.75. The van der Waals surface area contributed by atoms with Crippen LogP contribution < -0.4 is 0 Å². The first-order chi connectivity index (χ1) is 6.68. The van der Waals surface area contributed by atoms with Gasteiger partial charge in [-0.3, -0.25) is 4.98 Å². The van der Waals surface area contributed by atoms with Crippen molar-refractivity contribution in [2.24, 2.45) is 5.92 Å². The fraction of sp³-hybridized carbons (Fsp3) is 0.583. The molecule has 0 radical (unpaired) electrons. The number of pyridine rings is 1. The Morgan fingerprint density at radius 1 is 1.29 bits per heavy atom. The molecule has 0 aliphatic rings. The van der Waals surface area contributed by atoms with Crippen molar-refractivity contribution in [3.63, 3.8) is 0 Å². The van der Waals surface area contributed by atoms with Gasteiger partial charge in [-0.15, -0.1) is 0 Å². The summed E-state index contributed by atoms with van der Waals surface area (Å²) < 4.78 is 0. The topological polar surface area (TPSA) is 12.9 Å². The molecule has 1 atom stereocenters. The average molecular weight is 256 g/mol. The molecule has 1 rings (SSSR count). The van der Waals surface area contributed by atoms with Crippen molar-refractivity contribution in [1.29, 1.82) is 0 Å². The molecule has 0 N–H and O–H groups in total. The van der Waals surface area contributed by atoms with Crippen molar-refractivity contribution in [2.45, 2.75) is 37.9 Å². The lowest BCUT2D eigenvalue weighted by Gasteiger charge is -2.10. The lowest BCUT2D eigenvalue weighted by atomic mass is 10.0.